The molecule has 0 aliphatic rings. The SMILES string of the molecule is CNC(COCC(F)(F)F)c1sccc1Br. The summed E-state index contributed by atoms with van der Waals surface area (Å²) < 4.78 is 41.1. The molecular formula is C9H11BrF3NOS. The molecule has 16 heavy (non-hydrogen) atoms. The van der Waals surface area contributed by atoms with Crippen molar-refractivity contribution in [3.05, 3.63) is 20.8 Å². The third-order valence-corrected chi connectivity index (χ3v) is 3.84. The van der Waals surface area contributed by atoms with E-state index in [4.69, 9.17) is 0 Å². The average Bonchev–Trinajstić information content (AvgIpc) is 2.58. The fourth-order valence-electron chi connectivity index (χ4n) is 1.14. The molecule has 1 heterocycles. The summed E-state index contributed by atoms with van der Waals surface area (Å²) in [6.07, 6.45) is -4.27. The highest BCUT2D eigenvalue weighted by Crippen LogP contribution is 2.29. The van der Waals surface area contributed by atoms with E-state index < -0.39 is 12.8 Å². The van der Waals surface area contributed by atoms with E-state index in [0.29, 0.717) is 0 Å². The van der Waals surface area contributed by atoms with Crippen LogP contribution in [0.1, 0.15) is 10.9 Å². The predicted molar refractivity (Wildman–Crippen MR) is 60.7 cm³/mol. The number of halogens is 4. The van der Waals surface area contributed by atoms with E-state index in [1.807, 2.05) is 11.4 Å². The second kappa shape index (κ2) is 6.00. The van der Waals surface area contributed by atoms with Crippen LogP contribution in [0.25, 0.3) is 0 Å². The summed E-state index contributed by atoms with van der Waals surface area (Å²) in [6.45, 7) is -1.22. The molecule has 0 saturated carbocycles. The van der Waals surface area contributed by atoms with Gasteiger partial charge in [-0.3, -0.25) is 0 Å². The molecule has 1 atom stereocenters. The minimum atomic E-state index is -4.27. The Morgan fingerprint density at radius 2 is 2.25 bits per heavy atom. The van der Waals surface area contributed by atoms with Crippen LogP contribution in [0.3, 0.4) is 0 Å². The molecule has 2 nitrogen and oxygen atoms in total. The zero-order valence-electron chi connectivity index (χ0n) is 8.47. The molecule has 0 amide bonds. The summed E-state index contributed by atoms with van der Waals surface area (Å²) in [7, 11) is 1.69. The lowest BCUT2D eigenvalue weighted by Gasteiger charge is -2.16. The van der Waals surface area contributed by atoms with E-state index >= 15 is 0 Å². The Morgan fingerprint density at radius 1 is 1.56 bits per heavy atom. The molecule has 7 heteroatoms. The van der Waals surface area contributed by atoms with Crippen LogP contribution in [0.4, 0.5) is 13.2 Å². The Balaban J connectivity index is 2.48. The molecule has 1 aromatic rings. The van der Waals surface area contributed by atoms with Crippen LogP contribution in [-0.4, -0.2) is 26.4 Å². The molecule has 0 saturated heterocycles. The van der Waals surface area contributed by atoms with Gasteiger partial charge in [0.25, 0.3) is 0 Å². The molecular weight excluding hydrogens is 307 g/mol. The van der Waals surface area contributed by atoms with Crippen LogP contribution in [0.5, 0.6) is 0 Å². The van der Waals surface area contributed by atoms with Crippen LogP contribution in [0, 0.1) is 0 Å². The van der Waals surface area contributed by atoms with Gasteiger partial charge in [0.1, 0.15) is 6.61 Å². The summed E-state index contributed by atoms with van der Waals surface area (Å²) in [5.41, 5.74) is 0. The van der Waals surface area contributed by atoms with E-state index in [1.165, 1.54) is 11.3 Å². The van der Waals surface area contributed by atoms with Crippen LogP contribution < -0.4 is 5.32 Å². The normalized spacial score (nSPS) is 14.1. The third kappa shape index (κ3) is 4.40. The number of ether oxygens (including phenoxy) is 1. The Hall–Kier alpha value is -0.110. The second-order valence-corrected chi connectivity index (χ2v) is 4.91. The molecule has 0 radical (unpaired) electrons. The van der Waals surface area contributed by atoms with Gasteiger partial charge in [0.05, 0.1) is 12.6 Å². The number of likely N-dealkylation sites (N-methyl/N-ethyl adjacent to an activating group) is 1. The van der Waals surface area contributed by atoms with Crippen molar-refractivity contribution in [3.63, 3.8) is 0 Å². The first kappa shape index (κ1) is 14.0. The van der Waals surface area contributed by atoms with Crippen molar-refractivity contribution in [3.8, 4) is 0 Å². The molecule has 1 aromatic heterocycles. The summed E-state index contributed by atoms with van der Waals surface area (Å²) in [6, 6.07) is 1.63. The Bertz CT molecular complexity index is 329. The van der Waals surface area contributed by atoms with Gasteiger partial charge in [0.15, 0.2) is 0 Å². The number of alkyl halides is 3. The molecule has 1 rings (SSSR count). The first-order valence-electron chi connectivity index (χ1n) is 4.48. The molecule has 0 fully saturated rings. The van der Waals surface area contributed by atoms with Gasteiger partial charge in [0.2, 0.25) is 0 Å². The monoisotopic (exact) mass is 317 g/mol. The first-order chi connectivity index (χ1) is 7.44. The van der Waals surface area contributed by atoms with Gasteiger partial charge < -0.3 is 10.1 Å². The van der Waals surface area contributed by atoms with Crippen molar-refractivity contribution in [1.29, 1.82) is 0 Å². The molecule has 0 bridgehead atoms. The minimum absolute atomic E-state index is 0.00484. The highest BCUT2D eigenvalue weighted by Gasteiger charge is 2.28. The molecule has 0 spiro atoms. The molecule has 92 valence electrons. The van der Waals surface area contributed by atoms with Gasteiger partial charge in [-0.2, -0.15) is 13.2 Å². The van der Waals surface area contributed by atoms with Crippen molar-refractivity contribution in [2.75, 3.05) is 20.3 Å². The quantitative estimate of drug-likeness (QED) is 0.899. The summed E-state index contributed by atoms with van der Waals surface area (Å²) in [5.74, 6) is 0. The maximum atomic E-state index is 11.9. The van der Waals surface area contributed by atoms with Crippen LogP contribution in [0.15, 0.2) is 15.9 Å². The number of rotatable bonds is 5. The van der Waals surface area contributed by atoms with Crippen molar-refractivity contribution in [2.45, 2.75) is 12.2 Å². The predicted octanol–water partition coefficient (Wildman–Crippen LogP) is 3.35. The summed E-state index contributed by atoms with van der Waals surface area (Å²) >= 11 is 4.80. The van der Waals surface area contributed by atoms with Crippen molar-refractivity contribution < 1.29 is 17.9 Å². The zero-order valence-corrected chi connectivity index (χ0v) is 10.9. The number of thiophene rings is 1. The number of hydrogen-bond donors (Lipinski definition) is 1. The smallest absolute Gasteiger partial charge is 0.370 e. The fourth-order valence-corrected chi connectivity index (χ4v) is 2.88. The van der Waals surface area contributed by atoms with Gasteiger partial charge in [-0.15, -0.1) is 11.3 Å². The molecule has 1 N–H and O–H groups in total. The zero-order chi connectivity index (χ0) is 12.2. The second-order valence-electron chi connectivity index (χ2n) is 3.10. The van der Waals surface area contributed by atoms with Crippen molar-refractivity contribution in [1.82, 2.24) is 5.32 Å². The lowest BCUT2D eigenvalue weighted by atomic mass is 10.2. The molecule has 0 aliphatic heterocycles. The van der Waals surface area contributed by atoms with Crippen molar-refractivity contribution in [2.24, 2.45) is 0 Å². The largest absolute Gasteiger partial charge is 0.411 e. The average molecular weight is 318 g/mol. The Labute approximate surface area is 104 Å². The van der Waals surface area contributed by atoms with Gasteiger partial charge in [-0.25, -0.2) is 0 Å². The summed E-state index contributed by atoms with van der Waals surface area (Å²) in [5, 5.41) is 4.79. The van der Waals surface area contributed by atoms with Crippen LogP contribution >= 0.6 is 27.3 Å². The van der Waals surface area contributed by atoms with Gasteiger partial charge in [-0.05, 0) is 34.4 Å². The molecule has 1 unspecified atom stereocenters. The van der Waals surface area contributed by atoms with Gasteiger partial charge >= 0.3 is 6.18 Å². The fraction of sp³-hybridized carbons (Fsp3) is 0.556. The minimum Gasteiger partial charge on any atom is -0.370 e. The number of hydrogen-bond acceptors (Lipinski definition) is 3. The van der Waals surface area contributed by atoms with E-state index in [9.17, 15) is 13.2 Å². The van der Waals surface area contributed by atoms with E-state index in [0.717, 1.165) is 9.35 Å². The highest BCUT2D eigenvalue weighted by molar-refractivity contribution is 9.10. The maximum absolute atomic E-state index is 11.9. The third-order valence-electron chi connectivity index (χ3n) is 1.86. The lowest BCUT2D eigenvalue weighted by Crippen LogP contribution is -2.25. The van der Waals surface area contributed by atoms with E-state index in [1.54, 1.807) is 7.05 Å². The molecule has 0 aliphatic carbocycles. The van der Waals surface area contributed by atoms with Gasteiger partial charge in [0, 0.05) is 9.35 Å². The first-order valence-corrected chi connectivity index (χ1v) is 6.16. The Morgan fingerprint density at radius 3 is 2.69 bits per heavy atom. The standard InChI is InChI=1S/C9H11BrF3NOS/c1-14-7(4-15-5-9(11,12)13)8-6(10)2-3-16-8/h2-3,7,14H,4-5H2,1H3. The highest BCUT2D eigenvalue weighted by atomic mass is 79.9. The Kier molecular flexibility index (Phi) is 5.23. The maximum Gasteiger partial charge on any atom is 0.411 e. The van der Waals surface area contributed by atoms with E-state index in [2.05, 4.69) is 26.0 Å². The summed E-state index contributed by atoms with van der Waals surface area (Å²) in [4.78, 5) is 0.935. The van der Waals surface area contributed by atoms with Crippen molar-refractivity contribution >= 4 is 27.3 Å². The lowest BCUT2D eigenvalue weighted by molar-refractivity contribution is -0.175. The van der Waals surface area contributed by atoms with Gasteiger partial charge in [-0.1, -0.05) is 0 Å². The molecule has 0 aromatic carbocycles. The topological polar surface area (TPSA) is 21.3 Å². The van der Waals surface area contributed by atoms with Crippen LogP contribution in [0.2, 0.25) is 0 Å². The van der Waals surface area contributed by atoms with E-state index in [-0.39, 0.29) is 12.6 Å². The number of nitrogens with one attached hydrogen (secondary N) is 1. The van der Waals surface area contributed by atoms with Crippen LogP contribution in [-0.2, 0) is 4.74 Å².